The van der Waals surface area contributed by atoms with Crippen LogP contribution >= 0.6 is 0 Å². The predicted octanol–water partition coefficient (Wildman–Crippen LogP) is 1.06. The first kappa shape index (κ1) is 10.5. The van der Waals surface area contributed by atoms with Crippen molar-refractivity contribution in [3.05, 3.63) is 23.8 Å². The van der Waals surface area contributed by atoms with Crippen LogP contribution in [0.2, 0.25) is 0 Å². The SMILES string of the molecule is COc1ccc(N2CC(=O)NC2=O)cc1C. The highest BCUT2D eigenvalue weighted by Crippen LogP contribution is 2.25. The number of nitrogens with one attached hydrogen (secondary N) is 1. The summed E-state index contributed by atoms with van der Waals surface area (Å²) in [6, 6.07) is 4.97. The lowest BCUT2D eigenvalue weighted by Crippen LogP contribution is -2.27. The Labute approximate surface area is 93.0 Å². The van der Waals surface area contributed by atoms with Crippen molar-refractivity contribution in [2.45, 2.75) is 6.92 Å². The van der Waals surface area contributed by atoms with E-state index in [1.807, 2.05) is 13.0 Å². The van der Waals surface area contributed by atoms with Crippen LogP contribution in [-0.2, 0) is 4.79 Å². The fourth-order valence-electron chi connectivity index (χ4n) is 1.68. The summed E-state index contributed by atoms with van der Waals surface area (Å²) < 4.78 is 5.12. The van der Waals surface area contributed by atoms with Crippen LogP contribution in [0.4, 0.5) is 10.5 Å². The first-order chi connectivity index (χ1) is 7.61. The summed E-state index contributed by atoms with van der Waals surface area (Å²) in [5.74, 6) is 0.480. The van der Waals surface area contributed by atoms with E-state index < -0.39 is 0 Å². The molecule has 3 amide bonds. The zero-order chi connectivity index (χ0) is 11.7. The number of hydrogen-bond donors (Lipinski definition) is 1. The Morgan fingerprint density at radius 2 is 2.12 bits per heavy atom. The number of rotatable bonds is 2. The average Bonchev–Trinajstić information content (AvgIpc) is 2.58. The van der Waals surface area contributed by atoms with Gasteiger partial charge in [0, 0.05) is 5.69 Å². The van der Waals surface area contributed by atoms with Crippen LogP contribution in [0, 0.1) is 6.92 Å². The molecule has 0 saturated carbocycles. The van der Waals surface area contributed by atoms with Crippen molar-refractivity contribution in [1.82, 2.24) is 5.32 Å². The number of carbonyl (C=O) groups is 2. The molecule has 0 spiro atoms. The number of ether oxygens (including phenoxy) is 1. The molecule has 1 aromatic carbocycles. The second-order valence-corrected chi connectivity index (χ2v) is 3.59. The number of hydrogen-bond acceptors (Lipinski definition) is 3. The number of methoxy groups -OCH3 is 1. The molecule has 0 atom stereocenters. The van der Waals surface area contributed by atoms with Gasteiger partial charge in [0.05, 0.1) is 7.11 Å². The van der Waals surface area contributed by atoms with E-state index >= 15 is 0 Å². The minimum Gasteiger partial charge on any atom is -0.496 e. The Kier molecular flexibility index (Phi) is 2.52. The van der Waals surface area contributed by atoms with Crippen molar-refractivity contribution < 1.29 is 14.3 Å². The molecule has 0 aromatic heterocycles. The Morgan fingerprint density at radius 1 is 1.38 bits per heavy atom. The van der Waals surface area contributed by atoms with E-state index in [0.29, 0.717) is 5.69 Å². The molecule has 1 aromatic rings. The fourth-order valence-corrected chi connectivity index (χ4v) is 1.68. The molecule has 0 aliphatic carbocycles. The van der Waals surface area contributed by atoms with E-state index in [4.69, 9.17) is 4.74 Å². The molecular weight excluding hydrogens is 208 g/mol. The van der Waals surface area contributed by atoms with E-state index in [-0.39, 0.29) is 18.5 Å². The van der Waals surface area contributed by atoms with Gasteiger partial charge in [0.2, 0.25) is 5.91 Å². The fraction of sp³-hybridized carbons (Fsp3) is 0.273. The van der Waals surface area contributed by atoms with Crippen LogP contribution in [0.3, 0.4) is 0 Å². The van der Waals surface area contributed by atoms with E-state index in [9.17, 15) is 9.59 Å². The highest BCUT2D eigenvalue weighted by atomic mass is 16.5. The maximum Gasteiger partial charge on any atom is 0.329 e. The van der Waals surface area contributed by atoms with Gasteiger partial charge in [-0.25, -0.2) is 4.79 Å². The summed E-state index contributed by atoms with van der Waals surface area (Å²) in [5, 5.41) is 2.23. The van der Waals surface area contributed by atoms with Gasteiger partial charge >= 0.3 is 6.03 Å². The lowest BCUT2D eigenvalue weighted by molar-refractivity contribution is -0.117. The van der Waals surface area contributed by atoms with Crippen molar-refractivity contribution in [2.24, 2.45) is 0 Å². The number of benzene rings is 1. The van der Waals surface area contributed by atoms with Crippen LogP contribution in [0.5, 0.6) is 5.75 Å². The van der Waals surface area contributed by atoms with E-state index in [1.54, 1.807) is 19.2 Å². The largest absolute Gasteiger partial charge is 0.496 e. The normalized spacial score (nSPS) is 15.2. The molecule has 1 N–H and O–H groups in total. The van der Waals surface area contributed by atoms with Crippen molar-refractivity contribution in [1.29, 1.82) is 0 Å². The summed E-state index contributed by atoms with van der Waals surface area (Å²) in [7, 11) is 1.59. The van der Waals surface area contributed by atoms with E-state index in [0.717, 1.165) is 11.3 Å². The van der Waals surface area contributed by atoms with Gasteiger partial charge in [-0.1, -0.05) is 0 Å². The number of imide groups is 1. The van der Waals surface area contributed by atoms with Gasteiger partial charge in [-0.15, -0.1) is 0 Å². The summed E-state index contributed by atoms with van der Waals surface area (Å²) in [4.78, 5) is 23.9. The number of aryl methyl sites for hydroxylation is 1. The molecular formula is C11H12N2O3. The average molecular weight is 220 g/mol. The van der Waals surface area contributed by atoms with Gasteiger partial charge in [0.25, 0.3) is 0 Å². The van der Waals surface area contributed by atoms with Crippen molar-refractivity contribution in [3.63, 3.8) is 0 Å². The Hall–Kier alpha value is -2.04. The van der Waals surface area contributed by atoms with Gasteiger partial charge in [-0.3, -0.25) is 15.0 Å². The third-order valence-electron chi connectivity index (χ3n) is 2.48. The highest BCUT2D eigenvalue weighted by Gasteiger charge is 2.27. The Bertz CT molecular complexity index is 457. The zero-order valence-corrected chi connectivity index (χ0v) is 9.11. The van der Waals surface area contributed by atoms with Gasteiger partial charge in [0.1, 0.15) is 12.3 Å². The van der Waals surface area contributed by atoms with E-state index in [2.05, 4.69) is 5.32 Å². The molecule has 1 fully saturated rings. The van der Waals surface area contributed by atoms with Crippen LogP contribution in [-0.4, -0.2) is 25.6 Å². The number of amides is 3. The van der Waals surface area contributed by atoms with Crippen molar-refractivity contribution in [2.75, 3.05) is 18.6 Å². The molecule has 1 aliphatic heterocycles. The number of urea groups is 1. The summed E-state index contributed by atoms with van der Waals surface area (Å²) in [6.07, 6.45) is 0. The highest BCUT2D eigenvalue weighted by molar-refractivity contribution is 6.12. The van der Waals surface area contributed by atoms with E-state index in [1.165, 1.54) is 4.90 Å². The van der Waals surface area contributed by atoms with Gasteiger partial charge < -0.3 is 4.74 Å². The third kappa shape index (κ3) is 1.71. The molecule has 84 valence electrons. The minimum atomic E-state index is -0.380. The molecule has 2 rings (SSSR count). The van der Waals surface area contributed by atoms with Crippen LogP contribution in [0.25, 0.3) is 0 Å². The first-order valence-electron chi connectivity index (χ1n) is 4.88. The lowest BCUT2D eigenvalue weighted by Gasteiger charge is -2.15. The maximum atomic E-state index is 11.4. The Morgan fingerprint density at radius 3 is 2.62 bits per heavy atom. The second-order valence-electron chi connectivity index (χ2n) is 3.59. The molecule has 16 heavy (non-hydrogen) atoms. The minimum absolute atomic E-state index is 0.0740. The van der Waals surface area contributed by atoms with Crippen molar-refractivity contribution >= 4 is 17.6 Å². The summed E-state index contributed by atoms with van der Waals surface area (Å²) >= 11 is 0. The molecule has 1 aliphatic rings. The molecule has 0 radical (unpaired) electrons. The molecule has 1 saturated heterocycles. The van der Waals surface area contributed by atoms with Gasteiger partial charge in [-0.05, 0) is 30.7 Å². The first-order valence-corrected chi connectivity index (χ1v) is 4.88. The molecule has 5 heteroatoms. The van der Waals surface area contributed by atoms with Gasteiger partial charge in [0.15, 0.2) is 0 Å². The molecule has 1 heterocycles. The van der Waals surface area contributed by atoms with Gasteiger partial charge in [-0.2, -0.15) is 0 Å². The standard InChI is InChI=1S/C11H12N2O3/c1-7-5-8(3-4-9(7)16-2)13-6-10(14)12-11(13)15/h3-5H,6H2,1-2H3,(H,12,14,15). The van der Waals surface area contributed by atoms with Crippen molar-refractivity contribution in [3.8, 4) is 5.75 Å². The number of nitrogens with zero attached hydrogens (tertiary/aromatic N) is 1. The predicted molar refractivity (Wildman–Crippen MR) is 58.6 cm³/mol. The Balaban J connectivity index is 2.31. The second kappa shape index (κ2) is 3.84. The monoisotopic (exact) mass is 220 g/mol. The van der Waals surface area contributed by atoms with Crippen LogP contribution in [0.15, 0.2) is 18.2 Å². The quantitative estimate of drug-likeness (QED) is 0.758. The topological polar surface area (TPSA) is 58.6 Å². The zero-order valence-electron chi connectivity index (χ0n) is 9.11. The maximum absolute atomic E-state index is 11.4. The molecule has 0 bridgehead atoms. The molecule has 5 nitrogen and oxygen atoms in total. The van der Waals surface area contributed by atoms with Crippen LogP contribution in [0.1, 0.15) is 5.56 Å². The lowest BCUT2D eigenvalue weighted by atomic mass is 10.2. The van der Waals surface area contributed by atoms with Crippen LogP contribution < -0.4 is 15.0 Å². The molecule has 0 unspecified atom stereocenters. The third-order valence-corrected chi connectivity index (χ3v) is 2.48. The summed E-state index contributed by atoms with van der Waals surface area (Å²) in [6.45, 7) is 1.96. The number of anilines is 1. The smallest absolute Gasteiger partial charge is 0.329 e. The summed E-state index contributed by atoms with van der Waals surface area (Å²) in [5.41, 5.74) is 1.62. The number of carbonyl (C=O) groups excluding carboxylic acids is 2.